The average Bonchev–Trinajstić information content (AvgIpc) is 1.73. The lowest BCUT2D eigenvalue weighted by atomic mass is 9.85. The summed E-state index contributed by atoms with van der Waals surface area (Å²) < 4.78 is 27.2. The lowest BCUT2D eigenvalue weighted by Gasteiger charge is -2.45. The maximum absolute atomic E-state index is 16.1. The van der Waals surface area contributed by atoms with E-state index in [4.69, 9.17) is 31.5 Å². The Bertz CT molecular complexity index is 4280. The zero-order valence-corrected chi connectivity index (χ0v) is 52.9. The fourth-order valence-electron chi connectivity index (χ4n) is 14.2. The van der Waals surface area contributed by atoms with E-state index in [0.29, 0.717) is 138 Å². The number of amides is 7. The van der Waals surface area contributed by atoms with E-state index in [-0.39, 0.29) is 86.2 Å². The molecular formula is C68H70ClFN12O10S. The van der Waals surface area contributed by atoms with Crippen molar-refractivity contribution in [1.29, 1.82) is 0 Å². The first kappa shape index (κ1) is 62.5. The van der Waals surface area contributed by atoms with E-state index in [9.17, 15) is 33.6 Å². The lowest BCUT2D eigenvalue weighted by molar-refractivity contribution is -0.158. The van der Waals surface area contributed by atoms with Crippen molar-refractivity contribution in [2.75, 3.05) is 70.8 Å². The van der Waals surface area contributed by atoms with Gasteiger partial charge in [-0.15, -0.1) is 11.3 Å². The summed E-state index contributed by atoms with van der Waals surface area (Å²) in [5, 5.41) is 28.4. The summed E-state index contributed by atoms with van der Waals surface area (Å²) in [5.74, 6) is -3.90. The number of rotatable bonds is 17. The third-order valence-corrected chi connectivity index (χ3v) is 20.8. The molecule has 0 bridgehead atoms. The Hall–Kier alpha value is -9.29. The molecule has 5 aromatic carbocycles. The van der Waals surface area contributed by atoms with E-state index in [1.165, 1.54) is 22.1 Å². The number of nitrogens with zero attached hydrogens (tertiary/aromatic N) is 9. The Morgan fingerprint density at radius 3 is 2.27 bits per heavy atom. The van der Waals surface area contributed by atoms with E-state index in [0.717, 1.165) is 27.7 Å². The molecule has 5 aliphatic heterocycles. The van der Waals surface area contributed by atoms with E-state index in [1.54, 1.807) is 41.0 Å². The zero-order valence-electron chi connectivity index (χ0n) is 51.3. The van der Waals surface area contributed by atoms with Crippen LogP contribution >= 0.6 is 22.9 Å². The highest BCUT2D eigenvalue weighted by atomic mass is 35.5. The molecule has 1 unspecified atom stereocenters. The number of aromatic nitrogens is 5. The van der Waals surface area contributed by atoms with Crippen molar-refractivity contribution in [2.45, 2.75) is 88.2 Å². The van der Waals surface area contributed by atoms with E-state index in [1.807, 2.05) is 87.5 Å². The number of anilines is 1. The summed E-state index contributed by atoms with van der Waals surface area (Å²) in [5.41, 5.74) is 4.34. The van der Waals surface area contributed by atoms with Crippen LogP contribution in [0.3, 0.4) is 0 Å². The van der Waals surface area contributed by atoms with Gasteiger partial charge in [0.05, 0.1) is 56.2 Å². The smallest absolute Gasteiger partial charge is 0.322 e. The Balaban J connectivity index is 0.635. The summed E-state index contributed by atoms with van der Waals surface area (Å²) >= 11 is 8.04. The van der Waals surface area contributed by atoms with Gasteiger partial charge in [0.25, 0.3) is 5.91 Å². The SMILES string of the molecule is Cn1ncc2cc(F)c(-c3cccc4c3c(C3CCN(C(=O)CCC5CCN(C(=O)C6CCN(C(=O)C7(Oc8ccccc8-c8nc9cccc(Cl)c9s8)CCN(C(=O)[C@H]8CC(=O)Nc9ccccc98)CC7)CC6)C5)CC3)nn4CC(=O)NCC(=O)NCC(=O)O)cc21. The number of likely N-dealkylation sites (tertiary alicyclic amines) is 4. The van der Waals surface area contributed by atoms with Gasteiger partial charge in [0.2, 0.25) is 35.4 Å². The molecule has 13 rings (SSSR count). The van der Waals surface area contributed by atoms with Gasteiger partial charge < -0.3 is 45.4 Å². The number of hydrogen-bond acceptors (Lipinski definition) is 13. The Morgan fingerprint density at radius 2 is 1.48 bits per heavy atom. The fraction of sp³-hybridized carbons (Fsp3) is 0.397. The third-order valence-electron chi connectivity index (χ3n) is 19.2. The quantitative estimate of drug-likeness (QED) is 0.0672. The topological polar surface area (TPSA) is 264 Å². The molecule has 4 N–H and O–H groups in total. The minimum Gasteiger partial charge on any atom is -0.480 e. The van der Waals surface area contributed by atoms with E-state index < -0.39 is 48.2 Å². The van der Waals surface area contributed by atoms with Crippen LogP contribution in [0.4, 0.5) is 10.1 Å². The molecule has 482 valence electrons. The largest absolute Gasteiger partial charge is 0.480 e. The number of carbonyl (C=O) groups is 8. The third kappa shape index (κ3) is 12.9. The minimum atomic E-state index is -1.36. The molecule has 93 heavy (non-hydrogen) atoms. The van der Waals surface area contributed by atoms with Crippen molar-refractivity contribution in [3.05, 3.63) is 125 Å². The van der Waals surface area contributed by atoms with Crippen molar-refractivity contribution in [2.24, 2.45) is 18.9 Å². The molecule has 4 saturated heterocycles. The van der Waals surface area contributed by atoms with Crippen LogP contribution in [0, 0.1) is 17.7 Å². The number of ether oxygens (including phenoxy) is 1. The van der Waals surface area contributed by atoms with Gasteiger partial charge in [-0.1, -0.05) is 60.1 Å². The predicted octanol–water partition coefficient (Wildman–Crippen LogP) is 8.12. The second-order valence-electron chi connectivity index (χ2n) is 25.0. The molecule has 8 heterocycles. The van der Waals surface area contributed by atoms with Crippen molar-refractivity contribution >= 4 is 108 Å². The second kappa shape index (κ2) is 26.4. The summed E-state index contributed by atoms with van der Waals surface area (Å²) in [6, 6.07) is 29.0. The van der Waals surface area contributed by atoms with Gasteiger partial charge in [-0.05, 0) is 104 Å². The molecule has 25 heteroatoms. The maximum Gasteiger partial charge on any atom is 0.322 e. The number of piperidine rings is 3. The summed E-state index contributed by atoms with van der Waals surface area (Å²) in [7, 11) is 1.78. The molecule has 8 aromatic rings. The molecule has 0 radical (unpaired) electrons. The molecular weight excluding hydrogens is 1230 g/mol. The standard InChI is InChI=1S/C68H70ClFN12O10S/c1-77-54-33-47(50(70)32-43(54)35-73-77)45-10-6-14-53-61(45)62(76-82(53)39-58(85)71-36-57(84)72-37-60(87)88)41-19-26-78(27-20-41)59(86)17-16-40-18-25-81(38-40)65(89)42-21-28-80(29-22-42)67(91)68(92-55-15-5-3-9-46(55)64-75-52-13-7-11-49(69)63(52)93-64)23-30-79(31-24-68)66(90)48-34-56(83)74-51-12-4-2-8-44(48)51/h2-15,32-33,35,40-42,48H,16-31,34,36-39H2,1H3,(H,71,85)(H,72,84)(H,74,83)(H,87,88)/t40?,48-/m0/s1. The predicted molar refractivity (Wildman–Crippen MR) is 347 cm³/mol. The number of nitrogens with one attached hydrogen (secondary N) is 3. The van der Waals surface area contributed by atoms with Crippen LogP contribution in [0.2, 0.25) is 5.02 Å². The number of carbonyl (C=O) groups excluding carboxylic acids is 7. The Labute approximate surface area is 543 Å². The molecule has 4 fully saturated rings. The van der Waals surface area contributed by atoms with E-state index in [2.05, 4.69) is 21.0 Å². The lowest BCUT2D eigenvalue weighted by Crippen LogP contribution is -2.60. The number of para-hydroxylation sites is 2. The molecule has 5 aliphatic rings. The molecule has 22 nitrogen and oxygen atoms in total. The highest BCUT2D eigenvalue weighted by Crippen LogP contribution is 2.44. The van der Waals surface area contributed by atoms with Crippen LogP contribution in [-0.4, -0.2) is 168 Å². The molecule has 0 saturated carbocycles. The van der Waals surface area contributed by atoms with Gasteiger partial charge in [-0.3, -0.25) is 47.7 Å². The minimum absolute atomic E-state index is 0.0233. The van der Waals surface area contributed by atoms with Crippen molar-refractivity contribution < 1.29 is 52.6 Å². The van der Waals surface area contributed by atoms with Gasteiger partial charge in [0.1, 0.15) is 29.7 Å². The van der Waals surface area contributed by atoms with Gasteiger partial charge in [0, 0.05) is 119 Å². The van der Waals surface area contributed by atoms with Crippen LogP contribution in [-0.2, 0) is 51.9 Å². The van der Waals surface area contributed by atoms with Crippen molar-refractivity contribution in [3.8, 4) is 27.4 Å². The number of carboxylic acids is 1. The molecule has 3 aromatic heterocycles. The normalized spacial score (nSPS) is 18.6. The van der Waals surface area contributed by atoms with Crippen LogP contribution in [0.15, 0.2) is 103 Å². The van der Waals surface area contributed by atoms with Gasteiger partial charge in [0.15, 0.2) is 5.60 Å². The van der Waals surface area contributed by atoms with Crippen LogP contribution in [0.25, 0.3) is 53.7 Å². The second-order valence-corrected chi connectivity index (χ2v) is 26.4. The number of carboxylic acid groups (broad SMARTS) is 1. The average molecular weight is 1300 g/mol. The van der Waals surface area contributed by atoms with Crippen LogP contribution in [0.1, 0.15) is 87.3 Å². The molecule has 2 atom stereocenters. The summed E-state index contributed by atoms with van der Waals surface area (Å²) in [6.45, 7) is 1.85. The molecule has 0 spiro atoms. The highest BCUT2D eigenvalue weighted by Gasteiger charge is 2.49. The number of hydrogen-bond donors (Lipinski definition) is 4. The molecule has 7 amide bonds. The molecule has 0 aliphatic carbocycles. The Kier molecular flexibility index (Phi) is 17.7. The van der Waals surface area contributed by atoms with Gasteiger partial charge in [-0.25, -0.2) is 9.37 Å². The monoisotopic (exact) mass is 1300 g/mol. The first-order valence-corrected chi connectivity index (χ1v) is 32.9. The zero-order chi connectivity index (χ0) is 64.7. The first-order valence-electron chi connectivity index (χ1n) is 31.7. The number of fused-ring (bicyclic) bond motifs is 4. The summed E-state index contributed by atoms with van der Waals surface area (Å²) in [4.78, 5) is 119. The van der Waals surface area contributed by atoms with Gasteiger partial charge >= 0.3 is 5.97 Å². The number of halogens is 2. The number of benzene rings is 5. The van der Waals surface area contributed by atoms with Crippen molar-refractivity contribution in [1.82, 2.24) is 54.8 Å². The number of thiazole rings is 1. The van der Waals surface area contributed by atoms with Crippen molar-refractivity contribution in [3.63, 3.8) is 0 Å². The van der Waals surface area contributed by atoms with Crippen LogP contribution in [0.5, 0.6) is 5.75 Å². The number of aryl methyl sites for hydroxylation is 1. The fourth-order valence-corrected chi connectivity index (χ4v) is 15.5. The van der Waals surface area contributed by atoms with Crippen LogP contribution < -0.4 is 20.7 Å². The number of aliphatic carboxylic acids is 1. The maximum atomic E-state index is 16.1. The first-order chi connectivity index (χ1) is 45.0. The summed E-state index contributed by atoms with van der Waals surface area (Å²) in [6.07, 6.45) is 5.78. The highest BCUT2D eigenvalue weighted by molar-refractivity contribution is 7.22. The Morgan fingerprint density at radius 1 is 0.763 bits per heavy atom. The van der Waals surface area contributed by atoms with Gasteiger partial charge in [-0.2, -0.15) is 10.2 Å². The van der Waals surface area contributed by atoms with E-state index >= 15 is 9.18 Å².